The fourth-order valence-corrected chi connectivity index (χ4v) is 4.57. The molecule has 28 heavy (non-hydrogen) atoms. The molecule has 4 nitrogen and oxygen atoms in total. The van der Waals surface area contributed by atoms with Crippen LogP contribution in [0.5, 0.6) is 0 Å². The Kier molecular flexibility index (Phi) is 7.90. The van der Waals surface area contributed by atoms with E-state index in [1.165, 1.54) is 16.7 Å². The third kappa shape index (κ3) is 4.06. The first-order chi connectivity index (χ1) is 12.7. The van der Waals surface area contributed by atoms with Gasteiger partial charge in [-0.05, 0) is 29.5 Å². The van der Waals surface area contributed by atoms with Crippen molar-refractivity contribution in [2.24, 2.45) is 0 Å². The molecule has 1 atom stereocenters. The molecule has 2 aromatic carbocycles. The number of likely N-dealkylation sites (N-methyl/N-ethyl adjacent to an activating group) is 1. The highest BCUT2D eigenvalue weighted by atomic mass is 35.5. The summed E-state index contributed by atoms with van der Waals surface area (Å²) in [5.41, 5.74) is 3.20. The van der Waals surface area contributed by atoms with E-state index in [1.807, 2.05) is 30.1 Å². The van der Waals surface area contributed by atoms with Crippen LogP contribution in [0.25, 0.3) is 0 Å². The van der Waals surface area contributed by atoms with Gasteiger partial charge >= 0.3 is 0 Å². The van der Waals surface area contributed by atoms with Gasteiger partial charge in [-0.25, -0.2) is 0 Å². The fourth-order valence-electron chi connectivity index (χ4n) is 4.57. The number of halogens is 2. The van der Waals surface area contributed by atoms with Crippen LogP contribution in [0.1, 0.15) is 23.1 Å². The van der Waals surface area contributed by atoms with Crippen LogP contribution in [0, 0.1) is 0 Å². The summed E-state index contributed by atoms with van der Waals surface area (Å²) in [7, 11) is 1.94. The van der Waals surface area contributed by atoms with Crippen molar-refractivity contribution >= 4 is 30.7 Å². The third-order valence-corrected chi connectivity index (χ3v) is 5.84. The third-order valence-electron chi connectivity index (χ3n) is 5.84. The molecule has 152 valence electrons. The van der Waals surface area contributed by atoms with Crippen LogP contribution in [0.15, 0.2) is 54.6 Å². The molecule has 1 amide bonds. The van der Waals surface area contributed by atoms with Crippen molar-refractivity contribution in [1.29, 1.82) is 0 Å². The van der Waals surface area contributed by atoms with Crippen LogP contribution >= 0.6 is 24.8 Å². The standard InChI is InChI=1S/C22H27N3O.2ClH/c1-24(17-18-7-3-2-4-8-18)21(26)22(25-15-13-23-14-16-25)12-11-19-9-5-6-10-20(19)22;;/h2-10,23H,11-17H2,1H3;2*1H. The highest BCUT2D eigenvalue weighted by Crippen LogP contribution is 2.43. The lowest BCUT2D eigenvalue weighted by Crippen LogP contribution is -2.60. The molecule has 2 aromatic rings. The first kappa shape index (κ1) is 22.7. The molecular weight excluding hydrogens is 393 g/mol. The lowest BCUT2D eigenvalue weighted by atomic mass is 9.87. The zero-order valence-corrected chi connectivity index (χ0v) is 17.9. The molecule has 1 unspecified atom stereocenters. The smallest absolute Gasteiger partial charge is 0.247 e. The molecule has 1 N–H and O–H groups in total. The number of nitrogens with zero attached hydrogens (tertiary/aromatic N) is 2. The van der Waals surface area contributed by atoms with Crippen LogP contribution in [0.3, 0.4) is 0 Å². The normalized spacial score (nSPS) is 21.2. The number of hydrogen-bond donors (Lipinski definition) is 1. The Hall–Kier alpha value is -1.59. The van der Waals surface area contributed by atoms with Gasteiger partial charge in [0.15, 0.2) is 0 Å². The zero-order valence-electron chi connectivity index (χ0n) is 16.3. The molecule has 1 aliphatic carbocycles. The van der Waals surface area contributed by atoms with Gasteiger partial charge in [0.1, 0.15) is 5.54 Å². The van der Waals surface area contributed by atoms with Crippen LogP contribution in [0.4, 0.5) is 0 Å². The topological polar surface area (TPSA) is 35.6 Å². The zero-order chi connectivity index (χ0) is 18.0. The first-order valence-electron chi connectivity index (χ1n) is 9.55. The van der Waals surface area contributed by atoms with Crippen molar-refractivity contribution in [2.45, 2.75) is 24.9 Å². The quantitative estimate of drug-likeness (QED) is 0.822. The molecular formula is C22H29Cl2N3O. The Morgan fingerprint density at radius 1 is 1.04 bits per heavy atom. The van der Waals surface area contributed by atoms with Gasteiger partial charge in [-0.15, -0.1) is 24.8 Å². The molecule has 1 aliphatic heterocycles. The van der Waals surface area contributed by atoms with Crippen LogP contribution < -0.4 is 5.32 Å². The Morgan fingerprint density at radius 3 is 2.39 bits per heavy atom. The molecule has 0 bridgehead atoms. The molecule has 0 saturated carbocycles. The van der Waals surface area contributed by atoms with Crippen molar-refractivity contribution in [3.8, 4) is 0 Å². The van der Waals surface area contributed by atoms with Crippen LogP contribution in [-0.2, 0) is 23.3 Å². The molecule has 0 aromatic heterocycles. The van der Waals surface area contributed by atoms with Crippen molar-refractivity contribution in [3.05, 3.63) is 71.3 Å². The minimum absolute atomic E-state index is 0. The van der Waals surface area contributed by atoms with E-state index in [1.54, 1.807) is 0 Å². The molecule has 4 rings (SSSR count). The van der Waals surface area contributed by atoms with E-state index in [2.05, 4.69) is 46.6 Å². The minimum atomic E-state index is -0.512. The summed E-state index contributed by atoms with van der Waals surface area (Å²) in [4.78, 5) is 18.1. The Balaban J connectivity index is 0.00000140. The van der Waals surface area contributed by atoms with Gasteiger partial charge in [-0.3, -0.25) is 9.69 Å². The summed E-state index contributed by atoms with van der Waals surface area (Å²) in [5, 5.41) is 3.42. The van der Waals surface area contributed by atoms with E-state index < -0.39 is 5.54 Å². The molecule has 2 aliphatic rings. The molecule has 1 fully saturated rings. The molecule has 0 radical (unpaired) electrons. The van der Waals surface area contributed by atoms with Crippen molar-refractivity contribution in [3.63, 3.8) is 0 Å². The number of amides is 1. The van der Waals surface area contributed by atoms with E-state index in [-0.39, 0.29) is 30.7 Å². The maximum atomic E-state index is 13.8. The SMILES string of the molecule is CN(Cc1ccccc1)C(=O)C1(N2CCNCC2)CCc2ccccc21.Cl.Cl. The lowest BCUT2D eigenvalue weighted by molar-refractivity contribution is -0.145. The number of nitrogens with one attached hydrogen (secondary N) is 1. The highest BCUT2D eigenvalue weighted by molar-refractivity contribution is 5.89. The second-order valence-corrected chi connectivity index (χ2v) is 7.40. The average molecular weight is 422 g/mol. The maximum absolute atomic E-state index is 13.8. The number of benzene rings is 2. The van der Waals surface area contributed by atoms with E-state index >= 15 is 0 Å². The summed E-state index contributed by atoms with van der Waals surface area (Å²) in [6, 6.07) is 18.8. The second-order valence-electron chi connectivity index (χ2n) is 7.40. The predicted octanol–water partition coefficient (Wildman–Crippen LogP) is 3.24. The number of carbonyl (C=O) groups excluding carboxylic acids is 1. The molecule has 6 heteroatoms. The van der Waals surface area contributed by atoms with E-state index in [4.69, 9.17) is 0 Å². The Morgan fingerprint density at radius 2 is 1.68 bits per heavy atom. The average Bonchev–Trinajstić information content (AvgIpc) is 3.09. The molecule has 1 saturated heterocycles. The molecule has 0 spiro atoms. The first-order valence-corrected chi connectivity index (χ1v) is 9.55. The van der Waals surface area contributed by atoms with Gasteiger partial charge in [-0.2, -0.15) is 0 Å². The van der Waals surface area contributed by atoms with Gasteiger partial charge in [0.05, 0.1) is 0 Å². The minimum Gasteiger partial charge on any atom is -0.340 e. The number of rotatable bonds is 4. The summed E-state index contributed by atoms with van der Waals surface area (Å²) in [6.45, 7) is 4.37. The van der Waals surface area contributed by atoms with E-state index in [0.717, 1.165) is 39.0 Å². The Labute approximate surface area is 180 Å². The predicted molar refractivity (Wildman–Crippen MR) is 118 cm³/mol. The van der Waals surface area contributed by atoms with Gasteiger partial charge in [0.25, 0.3) is 0 Å². The van der Waals surface area contributed by atoms with Crippen molar-refractivity contribution in [1.82, 2.24) is 15.1 Å². The van der Waals surface area contributed by atoms with Gasteiger partial charge in [0.2, 0.25) is 5.91 Å². The lowest BCUT2D eigenvalue weighted by Gasteiger charge is -2.44. The van der Waals surface area contributed by atoms with Crippen LogP contribution in [-0.4, -0.2) is 48.9 Å². The van der Waals surface area contributed by atoms with Gasteiger partial charge in [-0.1, -0.05) is 54.6 Å². The molecule has 1 heterocycles. The van der Waals surface area contributed by atoms with Crippen molar-refractivity contribution < 1.29 is 4.79 Å². The number of aryl methyl sites for hydroxylation is 1. The summed E-state index contributed by atoms with van der Waals surface area (Å²) in [6.07, 6.45) is 1.86. The van der Waals surface area contributed by atoms with Crippen molar-refractivity contribution in [2.75, 3.05) is 33.2 Å². The maximum Gasteiger partial charge on any atom is 0.247 e. The van der Waals surface area contributed by atoms with Gasteiger partial charge < -0.3 is 10.2 Å². The summed E-state index contributed by atoms with van der Waals surface area (Å²) < 4.78 is 0. The number of carbonyl (C=O) groups is 1. The van der Waals surface area contributed by atoms with E-state index in [9.17, 15) is 4.79 Å². The fraction of sp³-hybridized carbons (Fsp3) is 0.409. The van der Waals surface area contributed by atoms with Gasteiger partial charge in [0, 0.05) is 39.8 Å². The second kappa shape index (κ2) is 9.75. The van der Waals surface area contributed by atoms with Crippen LogP contribution in [0.2, 0.25) is 0 Å². The summed E-state index contributed by atoms with van der Waals surface area (Å²) in [5.74, 6) is 0.230. The number of fused-ring (bicyclic) bond motifs is 1. The number of piperazine rings is 1. The summed E-state index contributed by atoms with van der Waals surface area (Å²) >= 11 is 0. The monoisotopic (exact) mass is 421 g/mol. The Bertz CT molecular complexity index is 780. The largest absolute Gasteiger partial charge is 0.340 e. The van der Waals surface area contributed by atoms with E-state index in [0.29, 0.717) is 6.54 Å². The highest BCUT2D eigenvalue weighted by Gasteiger charge is 2.50. The number of hydrogen-bond acceptors (Lipinski definition) is 3.